The van der Waals surface area contributed by atoms with Gasteiger partial charge in [0.05, 0.1) is 11.4 Å². The summed E-state index contributed by atoms with van der Waals surface area (Å²) in [5.41, 5.74) is 6.73. The van der Waals surface area contributed by atoms with Crippen molar-refractivity contribution in [3.05, 3.63) is 96.1 Å². The van der Waals surface area contributed by atoms with Gasteiger partial charge in [0.25, 0.3) is 0 Å². The molecule has 0 radical (unpaired) electrons. The highest BCUT2D eigenvalue weighted by Gasteiger charge is 2.24. The van der Waals surface area contributed by atoms with Crippen LogP contribution in [0.5, 0.6) is 0 Å². The van der Waals surface area contributed by atoms with E-state index in [1.807, 2.05) is 24.4 Å². The first-order chi connectivity index (χ1) is 15.3. The van der Waals surface area contributed by atoms with E-state index in [2.05, 4.69) is 76.4 Å². The summed E-state index contributed by atoms with van der Waals surface area (Å²) in [5.74, 6) is 1.62. The smallest absolute Gasteiger partial charge is 0.110 e. The second kappa shape index (κ2) is 8.86. The van der Waals surface area contributed by atoms with E-state index in [0.29, 0.717) is 5.92 Å². The summed E-state index contributed by atoms with van der Waals surface area (Å²) in [4.78, 5) is 15.8. The molecular weight excluding hydrogens is 380 g/mol. The number of imidazole rings is 1. The molecule has 0 amide bonds. The number of benzene rings is 2. The number of nitrogens with zero attached hydrogens (tertiary/aromatic N) is 3. The van der Waals surface area contributed by atoms with Gasteiger partial charge in [-0.1, -0.05) is 60.7 Å². The first-order valence-corrected chi connectivity index (χ1v) is 11.1. The molecule has 156 valence electrons. The molecule has 1 aliphatic rings. The van der Waals surface area contributed by atoms with Crippen molar-refractivity contribution < 1.29 is 0 Å². The van der Waals surface area contributed by atoms with E-state index in [1.54, 1.807) is 0 Å². The van der Waals surface area contributed by atoms with Gasteiger partial charge in [0, 0.05) is 35.5 Å². The van der Waals surface area contributed by atoms with E-state index in [-0.39, 0.29) is 0 Å². The molecule has 1 saturated heterocycles. The quantitative estimate of drug-likeness (QED) is 0.452. The van der Waals surface area contributed by atoms with Crippen LogP contribution in [0.15, 0.2) is 79.0 Å². The molecule has 3 heterocycles. The van der Waals surface area contributed by atoms with Crippen molar-refractivity contribution in [2.45, 2.75) is 32.2 Å². The van der Waals surface area contributed by atoms with Crippen LogP contribution >= 0.6 is 0 Å². The number of nitrogens with one attached hydrogen (secondary N) is 1. The zero-order valence-corrected chi connectivity index (χ0v) is 18.0. The highest BCUT2D eigenvalue weighted by molar-refractivity contribution is 5.66. The maximum Gasteiger partial charge on any atom is 0.110 e. The number of hydrogen-bond donors (Lipinski definition) is 1. The van der Waals surface area contributed by atoms with Crippen molar-refractivity contribution in [1.29, 1.82) is 0 Å². The van der Waals surface area contributed by atoms with Crippen molar-refractivity contribution in [2.75, 3.05) is 13.1 Å². The summed E-state index contributed by atoms with van der Waals surface area (Å²) in [6, 6.07) is 25.2. The average Bonchev–Trinajstić information content (AvgIpc) is 3.22. The molecule has 4 aromatic rings. The predicted octanol–water partition coefficient (Wildman–Crippen LogP) is 5.83. The normalized spacial score (nSPS) is 15.3. The molecule has 31 heavy (non-hydrogen) atoms. The van der Waals surface area contributed by atoms with Gasteiger partial charge < -0.3 is 4.98 Å². The lowest BCUT2D eigenvalue weighted by Crippen LogP contribution is -2.32. The Bertz CT molecular complexity index is 1110. The van der Waals surface area contributed by atoms with Crippen molar-refractivity contribution in [1.82, 2.24) is 19.9 Å². The summed E-state index contributed by atoms with van der Waals surface area (Å²) in [6.07, 6.45) is 4.23. The van der Waals surface area contributed by atoms with Gasteiger partial charge in [-0.25, -0.2) is 4.98 Å². The molecule has 2 aromatic heterocycles. The molecule has 1 N–H and O–H groups in total. The Balaban J connectivity index is 1.26. The van der Waals surface area contributed by atoms with Crippen molar-refractivity contribution >= 4 is 0 Å². The average molecular weight is 409 g/mol. The third kappa shape index (κ3) is 4.44. The molecule has 5 rings (SSSR count). The minimum atomic E-state index is 0.496. The Kier molecular flexibility index (Phi) is 5.63. The van der Waals surface area contributed by atoms with E-state index in [4.69, 9.17) is 4.98 Å². The largest absolute Gasteiger partial charge is 0.345 e. The van der Waals surface area contributed by atoms with Gasteiger partial charge in [0.15, 0.2) is 0 Å². The third-order valence-electron chi connectivity index (χ3n) is 6.23. The van der Waals surface area contributed by atoms with Gasteiger partial charge >= 0.3 is 0 Å². The Hall–Kier alpha value is -3.24. The van der Waals surface area contributed by atoms with Crippen molar-refractivity contribution in [2.24, 2.45) is 0 Å². The zero-order valence-electron chi connectivity index (χ0n) is 18.0. The number of aryl methyl sites for hydroxylation is 1. The lowest BCUT2D eigenvalue weighted by Gasteiger charge is -2.31. The van der Waals surface area contributed by atoms with Gasteiger partial charge in [0.2, 0.25) is 0 Å². The molecule has 4 heteroatoms. The highest BCUT2D eigenvalue weighted by atomic mass is 15.1. The van der Waals surface area contributed by atoms with E-state index in [0.717, 1.165) is 66.5 Å². The van der Waals surface area contributed by atoms with Crippen LogP contribution in [-0.2, 0) is 6.54 Å². The molecule has 0 saturated carbocycles. The highest BCUT2D eigenvalue weighted by Crippen LogP contribution is 2.30. The maximum atomic E-state index is 5.00. The van der Waals surface area contributed by atoms with E-state index < -0.39 is 0 Å². The van der Waals surface area contributed by atoms with Crippen molar-refractivity contribution in [3.8, 4) is 22.5 Å². The number of rotatable bonds is 5. The second-order valence-electron chi connectivity index (χ2n) is 8.43. The van der Waals surface area contributed by atoms with Crippen LogP contribution < -0.4 is 0 Å². The number of likely N-dealkylation sites (tertiary alicyclic amines) is 1. The minimum absolute atomic E-state index is 0.496. The molecular formula is C27H28N4. The number of piperidine rings is 1. The maximum absolute atomic E-state index is 5.00. The second-order valence-corrected chi connectivity index (χ2v) is 8.43. The molecule has 1 fully saturated rings. The molecule has 0 unspecified atom stereocenters. The number of H-pyrrole nitrogens is 1. The Morgan fingerprint density at radius 1 is 0.871 bits per heavy atom. The third-order valence-corrected chi connectivity index (χ3v) is 6.23. The monoisotopic (exact) mass is 408 g/mol. The number of aromatic amines is 1. The number of aromatic nitrogens is 3. The molecule has 0 bridgehead atoms. The van der Waals surface area contributed by atoms with Crippen molar-refractivity contribution in [3.63, 3.8) is 0 Å². The lowest BCUT2D eigenvalue weighted by atomic mass is 9.96. The van der Waals surface area contributed by atoms with Gasteiger partial charge in [0.1, 0.15) is 5.82 Å². The van der Waals surface area contributed by atoms with Gasteiger partial charge in [-0.05, 0) is 50.6 Å². The van der Waals surface area contributed by atoms with Gasteiger partial charge in [-0.15, -0.1) is 0 Å². The van der Waals surface area contributed by atoms with Crippen LogP contribution in [0.4, 0.5) is 0 Å². The molecule has 0 spiro atoms. The fourth-order valence-electron chi connectivity index (χ4n) is 4.48. The fourth-order valence-corrected chi connectivity index (χ4v) is 4.48. The van der Waals surface area contributed by atoms with Crippen LogP contribution in [0.25, 0.3) is 22.5 Å². The molecule has 2 aromatic carbocycles. The molecule has 0 atom stereocenters. The topological polar surface area (TPSA) is 44.8 Å². The summed E-state index contributed by atoms with van der Waals surface area (Å²) >= 11 is 0. The van der Waals surface area contributed by atoms with E-state index in [1.165, 1.54) is 5.56 Å². The van der Waals surface area contributed by atoms with E-state index >= 15 is 0 Å². The van der Waals surface area contributed by atoms with Gasteiger partial charge in [-0.2, -0.15) is 0 Å². The Labute approximate surface area is 184 Å². The number of pyridine rings is 1. The number of hydrogen-bond acceptors (Lipinski definition) is 3. The first kappa shape index (κ1) is 19.7. The molecule has 4 nitrogen and oxygen atoms in total. The van der Waals surface area contributed by atoms with Crippen LogP contribution in [0, 0.1) is 6.92 Å². The SMILES string of the molecule is Cc1[nH]c(C2CCN(Cc3ccccc3)CC2)nc1-c1ccc(-c2ccccc2)nc1. The lowest BCUT2D eigenvalue weighted by molar-refractivity contribution is 0.202. The standard InChI is InChI=1S/C27H28N4/c1-20-26(24-12-13-25(28-18-24)22-10-6-3-7-11-22)30-27(29-20)23-14-16-31(17-15-23)19-21-8-4-2-5-9-21/h2-13,18,23H,14-17,19H2,1H3,(H,29,30). The predicted molar refractivity (Wildman–Crippen MR) is 126 cm³/mol. The summed E-state index contributed by atoms with van der Waals surface area (Å²) in [7, 11) is 0. The molecule has 0 aliphatic carbocycles. The minimum Gasteiger partial charge on any atom is -0.345 e. The summed E-state index contributed by atoms with van der Waals surface area (Å²) < 4.78 is 0. The van der Waals surface area contributed by atoms with E-state index in [9.17, 15) is 0 Å². The van der Waals surface area contributed by atoms with Crippen LogP contribution in [0.3, 0.4) is 0 Å². The van der Waals surface area contributed by atoms with Crippen LogP contribution in [0.2, 0.25) is 0 Å². The van der Waals surface area contributed by atoms with Crippen LogP contribution in [0.1, 0.15) is 35.8 Å². The summed E-state index contributed by atoms with van der Waals surface area (Å²) in [5, 5.41) is 0. The fraction of sp³-hybridized carbons (Fsp3) is 0.259. The van der Waals surface area contributed by atoms with Crippen LogP contribution in [-0.4, -0.2) is 32.9 Å². The first-order valence-electron chi connectivity index (χ1n) is 11.1. The Morgan fingerprint density at radius 3 is 2.26 bits per heavy atom. The molecule has 1 aliphatic heterocycles. The Morgan fingerprint density at radius 2 is 1.58 bits per heavy atom. The van der Waals surface area contributed by atoms with Gasteiger partial charge in [-0.3, -0.25) is 9.88 Å². The zero-order chi connectivity index (χ0) is 21.0. The summed E-state index contributed by atoms with van der Waals surface area (Å²) in [6.45, 7) is 5.38.